The second kappa shape index (κ2) is 6.00. The van der Waals surface area contributed by atoms with Gasteiger partial charge in [-0.3, -0.25) is 4.79 Å². The van der Waals surface area contributed by atoms with Gasteiger partial charge >= 0.3 is 5.97 Å². The van der Waals surface area contributed by atoms with Gasteiger partial charge in [0.05, 0.1) is 5.56 Å². The molecule has 0 amide bonds. The number of benzene rings is 1. The molecule has 2 N–H and O–H groups in total. The van der Waals surface area contributed by atoms with Crippen LogP contribution in [-0.2, 0) is 9.53 Å². The van der Waals surface area contributed by atoms with E-state index < -0.39 is 12.1 Å². The summed E-state index contributed by atoms with van der Waals surface area (Å²) in [7, 11) is 0. The Bertz CT molecular complexity index is 473. The molecule has 1 aromatic rings. The van der Waals surface area contributed by atoms with Crippen molar-refractivity contribution in [3.63, 3.8) is 0 Å². The van der Waals surface area contributed by atoms with E-state index in [4.69, 9.17) is 10.5 Å². The summed E-state index contributed by atoms with van der Waals surface area (Å²) >= 11 is 0. The van der Waals surface area contributed by atoms with Gasteiger partial charge in [0.25, 0.3) is 0 Å². The summed E-state index contributed by atoms with van der Waals surface area (Å²) in [5.74, 6) is -0.793. The van der Waals surface area contributed by atoms with E-state index in [2.05, 4.69) is 0 Å². The number of rotatable bonds is 4. The summed E-state index contributed by atoms with van der Waals surface area (Å²) in [5.41, 5.74) is 6.81. The van der Waals surface area contributed by atoms with E-state index in [9.17, 15) is 9.59 Å². The Morgan fingerprint density at radius 1 is 1.17 bits per heavy atom. The first-order valence-electron chi connectivity index (χ1n) is 5.66. The third-order valence-electron chi connectivity index (χ3n) is 2.62. The number of ether oxygens (including phenoxy) is 1. The SMILES string of the molecule is CC(N)=C(C)C(=O)C(C)OC(=O)c1ccccc1. The lowest BCUT2D eigenvalue weighted by Crippen LogP contribution is -2.26. The van der Waals surface area contributed by atoms with Gasteiger partial charge in [0.2, 0.25) is 5.78 Å². The summed E-state index contributed by atoms with van der Waals surface area (Å²) in [5, 5.41) is 0. The van der Waals surface area contributed by atoms with E-state index in [0.717, 1.165) is 0 Å². The summed E-state index contributed by atoms with van der Waals surface area (Å²) in [6, 6.07) is 8.54. The van der Waals surface area contributed by atoms with Gasteiger partial charge < -0.3 is 10.5 Å². The molecule has 0 heterocycles. The van der Waals surface area contributed by atoms with Crippen molar-refractivity contribution in [1.29, 1.82) is 0 Å². The lowest BCUT2D eigenvalue weighted by atomic mass is 10.1. The quantitative estimate of drug-likeness (QED) is 0.653. The van der Waals surface area contributed by atoms with Crippen LogP contribution >= 0.6 is 0 Å². The first-order chi connectivity index (χ1) is 8.43. The fraction of sp³-hybridized carbons (Fsp3) is 0.286. The number of carbonyl (C=O) groups is 2. The Kier molecular flexibility index (Phi) is 4.66. The zero-order chi connectivity index (χ0) is 13.7. The van der Waals surface area contributed by atoms with Crippen LogP contribution < -0.4 is 5.73 Å². The van der Waals surface area contributed by atoms with Crippen LogP contribution in [0.5, 0.6) is 0 Å². The predicted octanol–water partition coefficient (Wildman–Crippen LogP) is 2.05. The number of nitrogens with two attached hydrogens (primary N) is 1. The second-order valence-electron chi connectivity index (χ2n) is 4.09. The average Bonchev–Trinajstić information content (AvgIpc) is 2.37. The van der Waals surface area contributed by atoms with E-state index in [1.165, 1.54) is 6.92 Å². The minimum atomic E-state index is -0.837. The number of hydrogen-bond acceptors (Lipinski definition) is 4. The van der Waals surface area contributed by atoms with Gasteiger partial charge in [-0.15, -0.1) is 0 Å². The number of carbonyl (C=O) groups excluding carboxylic acids is 2. The molecule has 1 unspecified atom stereocenters. The predicted molar refractivity (Wildman–Crippen MR) is 68.9 cm³/mol. The average molecular weight is 247 g/mol. The van der Waals surface area contributed by atoms with E-state index in [-0.39, 0.29) is 5.78 Å². The molecule has 1 atom stereocenters. The van der Waals surface area contributed by atoms with Crippen LogP contribution in [0.2, 0.25) is 0 Å². The van der Waals surface area contributed by atoms with Gasteiger partial charge in [0.15, 0.2) is 6.10 Å². The van der Waals surface area contributed by atoms with E-state index >= 15 is 0 Å². The van der Waals surface area contributed by atoms with Crippen molar-refractivity contribution >= 4 is 11.8 Å². The minimum Gasteiger partial charge on any atom is -0.451 e. The van der Waals surface area contributed by atoms with Crippen molar-refractivity contribution in [2.45, 2.75) is 26.9 Å². The molecule has 0 radical (unpaired) electrons. The molecular formula is C14H17NO3. The van der Waals surface area contributed by atoms with Crippen molar-refractivity contribution in [1.82, 2.24) is 0 Å². The molecule has 0 aliphatic rings. The largest absolute Gasteiger partial charge is 0.451 e. The minimum absolute atomic E-state index is 0.278. The van der Waals surface area contributed by atoms with Crippen molar-refractivity contribution in [2.24, 2.45) is 5.73 Å². The fourth-order valence-electron chi connectivity index (χ4n) is 1.36. The Labute approximate surface area is 106 Å². The molecule has 0 spiro atoms. The van der Waals surface area contributed by atoms with Crippen molar-refractivity contribution in [3.05, 3.63) is 47.2 Å². The maximum absolute atomic E-state index is 11.8. The number of allylic oxidation sites excluding steroid dienone is 1. The molecule has 1 rings (SSSR count). The van der Waals surface area contributed by atoms with Gasteiger partial charge in [-0.1, -0.05) is 18.2 Å². The highest BCUT2D eigenvalue weighted by atomic mass is 16.5. The number of ketones is 1. The molecule has 18 heavy (non-hydrogen) atoms. The first-order valence-corrected chi connectivity index (χ1v) is 5.66. The topological polar surface area (TPSA) is 69.4 Å². The Balaban J connectivity index is 2.72. The molecule has 0 aliphatic heterocycles. The molecule has 0 saturated heterocycles. The maximum Gasteiger partial charge on any atom is 0.338 e. The van der Waals surface area contributed by atoms with Crippen LogP contribution in [0.25, 0.3) is 0 Å². The van der Waals surface area contributed by atoms with Crippen LogP contribution in [-0.4, -0.2) is 17.9 Å². The molecule has 4 heteroatoms. The molecule has 0 aromatic heterocycles. The normalized spacial score (nSPS) is 13.5. The van der Waals surface area contributed by atoms with Crippen molar-refractivity contribution in [3.8, 4) is 0 Å². The fourth-order valence-corrected chi connectivity index (χ4v) is 1.36. The van der Waals surface area contributed by atoms with Crippen LogP contribution in [0.15, 0.2) is 41.6 Å². The van der Waals surface area contributed by atoms with E-state index in [1.807, 2.05) is 0 Å². The van der Waals surface area contributed by atoms with Gasteiger partial charge in [-0.25, -0.2) is 4.79 Å². The second-order valence-corrected chi connectivity index (χ2v) is 4.09. The van der Waals surface area contributed by atoms with Gasteiger partial charge in [-0.05, 0) is 32.9 Å². The lowest BCUT2D eigenvalue weighted by molar-refractivity contribution is -0.123. The highest BCUT2D eigenvalue weighted by Gasteiger charge is 2.20. The van der Waals surface area contributed by atoms with Gasteiger partial charge in [0.1, 0.15) is 0 Å². The molecule has 0 fully saturated rings. The van der Waals surface area contributed by atoms with Crippen LogP contribution in [0.4, 0.5) is 0 Å². The molecule has 1 aromatic carbocycles. The molecular weight excluding hydrogens is 230 g/mol. The Hall–Kier alpha value is -2.10. The van der Waals surface area contributed by atoms with Gasteiger partial charge in [-0.2, -0.15) is 0 Å². The molecule has 4 nitrogen and oxygen atoms in total. The smallest absolute Gasteiger partial charge is 0.338 e. The molecule has 0 aliphatic carbocycles. The molecule has 96 valence electrons. The maximum atomic E-state index is 11.8. The first kappa shape index (κ1) is 14.0. The summed E-state index contributed by atoms with van der Waals surface area (Å²) < 4.78 is 5.09. The van der Waals surface area contributed by atoms with Gasteiger partial charge in [0, 0.05) is 11.3 Å². The summed E-state index contributed by atoms with van der Waals surface area (Å²) in [6.45, 7) is 4.79. The highest BCUT2D eigenvalue weighted by molar-refractivity contribution is 6.00. The van der Waals surface area contributed by atoms with E-state index in [1.54, 1.807) is 44.2 Å². The lowest BCUT2D eigenvalue weighted by Gasteiger charge is -2.13. The van der Waals surface area contributed by atoms with Crippen molar-refractivity contribution < 1.29 is 14.3 Å². The third kappa shape index (κ3) is 3.45. The van der Waals surface area contributed by atoms with Crippen LogP contribution in [0.1, 0.15) is 31.1 Å². The van der Waals surface area contributed by atoms with Crippen molar-refractivity contribution in [2.75, 3.05) is 0 Å². The standard InChI is InChI=1S/C14H17NO3/c1-9(10(2)15)13(16)11(3)18-14(17)12-7-5-4-6-8-12/h4-8,11H,15H2,1-3H3. The zero-order valence-electron chi connectivity index (χ0n) is 10.8. The van der Waals surface area contributed by atoms with Crippen LogP contribution in [0, 0.1) is 0 Å². The monoisotopic (exact) mass is 247 g/mol. The van der Waals surface area contributed by atoms with E-state index in [0.29, 0.717) is 16.8 Å². The number of esters is 1. The highest BCUT2D eigenvalue weighted by Crippen LogP contribution is 2.09. The molecule has 0 saturated carbocycles. The zero-order valence-corrected chi connectivity index (χ0v) is 10.8. The Morgan fingerprint density at radius 2 is 1.72 bits per heavy atom. The Morgan fingerprint density at radius 3 is 2.22 bits per heavy atom. The molecule has 0 bridgehead atoms. The van der Waals surface area contributed by atoms with Crippen LogP contribution in [0.3, 0.4) is 0 Å². The number of Topliss-reactive ketones (excluding diaryl/α,β-unsaturated/α-hetero) is 1. The summed E-state index contributed by atoms with van der Waals surface area (Å²) in [4.78, 5) is 23.6. The number of hydrogen-bond donors (Lipinski definition) is 1. The summed E-state index contributed by atoms with van der Waals surface area (Å²) in [6.07, 6.45) is -0.837. The third-order valence-corrected chi connectivity index (χ3v) is 2.62.